The lowest BCUT2D eigenvalue weighted by molar-refractivity contribution is -0.116. The predicted molar refractivity (Wildman–Crippen MR) is 69.0 cm³/mol. The number of benzene rings is 1. The number of alkyl halides is 1. The van der Waals surface area contributed by atoms with E-state index in [0.717, 1.165) is 24.9 Å². The molecule has 0 atom stereocenters. The quantitative estimate of drug-likeness (QED) is 0.756. The van der Waals surface area contributed by atoms with E-state index in [1.807, 2.05) is 18.2 Å². The normalized spacial score (nSPS) is 10.1. The lowest BCUT2D eigenvalue weighted by Crippen LogP contribution is -2.12. The van der Waals surface area contributed by atoms with Crippen LogP contribution in [-0.2, 0) is 11.2 Å². The Kier molecular flexibility index (Phi) is 5.94. The second-order valence-electron chi connectivity index (χ2n) is 3.75. The third-order valence-electron chi connectivity index (χ3n) is 2.35. The first-order valence-corrected chi connectivity index (χ1v) is 6.25. The van der Waals surface area contributed by atoms with Gasteiger partial charge in [0.15, 0.2) is 0 Å². The van der Waals surface area contributed by atoms with E-state index in [2.05, 4.69) is 18.3 Å². The van der Waals surface area contributed by atoms with Gasteiger partial charge in [0.1, 0.15) is 0 Å². The molecule has 0 heterocycles. The standard InChI is InChI=1S/C13H18ClNO/c1-2-6-11-7-3-4-8-12(11)15-13(16)9-5-10-14/h3-4,7-8H,2,5-6,9-10H2,1H3,(H,15,16). The number of hydrogen-bond acceptors (Lipinski definition) is 1. The third-order valence-corrected chi connectivity index (χ3v) is 2.62. The molecule has 3 heteroatoms. The van der Waals surface area contributed by atoms with Crippen molar-refractivity contribution in [3.8, 4) is 0 Å². The molecule has 1 amide bonds. The fraction of sp³-hybridized carbons (Fsp3) is 0.462. The van der Waals surface area contributed by atoms with Gasteiger partial charge in [-0.25, -0.2) is 0 Å². The molecule has 0 saturated heterocycles. The van der Waals surface area contributed by atoms with Gasteiger partial charge in [-0.05, 0) is 24.5 Å². The van der Waals surface area contributed by atoms with Crippen molar-refractivity contribution in [2.45, 2.75) is 32.6 Å². The van der Waals surface area contributed by atoms with Gasteiger partial charge in [0.2, 0.25) is 5.91 Å². The van der Waals surface area contributed by atoms with Crippen molar-refractivity contribution >= 4 is 23.2 Å². The molecule has 1 rings (SSSR count). The van der Waals surface area contributed by atoms with Gasteiger partial charge in [0.25, 0.3) is 0 Å². The van der Waals surface area contributed by atoms with Crippen molar-refractivity contribution in [3.63, 3.8) is 0 Å². The molecule has 1 aromatic carbocycles. The van der Waals surface area contributed by atoms with E-state index < -0.39 is 0 Å². The second kappa shape index (κ2) is 7.29. The molecule has 0 bridgehead atoms. The number of para-hydroxylation sites is 1. The lowest BCUT2D eigenvalue weighted by Gasteiger charge is -2.09. The molecule has 0 unspecified atom stereocenters. The molecule has 88 valence electrons. The maximum absolute atomic E-state index is 11.6. The Bertz CT molecular complexity index is 338. The van der Waals surface area contributed by atoms with Crippen molar-refractivity contribution in [1.82, 2.24) is 0 Å². The minimum Gasteiger partial charge on any atom is -0.326 e. The van der Waals surface area contributed by atoms with Gasteiger partial charge in [-0.3, -0.25) is 4.79 Å². The first-order valence-electron chi connectivity index (χ1n) is 5.71. The van der Waals surface area contributed by atoms with Crippen molar-refractivity contribution in [3.05, 3.63) is 29.8 Å². The maximum atomic E-state index is 11.6. The number of carbonyl (C=O) groups excluding carboxylic acids is 1. The topological polar surface area (TPSA) is 29.1 Å². The van der Waals surface area contributed by atoms with Gasteiger partial charge >= 0.3 is 0 Å². The largest absolute Gasteiger partial charge is 0.326 e. The number of aryl methyl sites for hydroxylation is 1. The van der Waals surface area contributed by atoms with E-state index in [9.17, 15) is 4.79 Å². The number of carbonyl (C=O) groups is 1. The Hall–Kier alpha value is -1.02. The summed E-state index contributed by atoms with van der Waals surface area (Å²) in [7, 11) is 0. The summed E-state index contributed by atoms with van der Waals surface area (Å²) in [5.41, 5.74) is 2.13. The van der Waals surface area contributed by atoms with E-state index in [1.165, 1.54) is 5.56 Å². The number of anilines is 1. The average Bonchev–Trinajstić information content (AvgIpc) is 2.29. The van der Waals surface area contributed by atoms with Crippen LogP contribution in [0.2, 0.25) is 0 Å². The van der Waals surface area contributed by atoms with Crippen LogP contribution in [0.4, 0.5) is 5.69 Å². The predicted octanol–water partition coefficient (Wildman–Crippen LogP) is 3.60. The highest BCUT2D eigenvalue weighted by molar-refractivity contribution is 6.18. The van der Waals surface area contributed by atoms with Crippen molar-refractivity contribution in [2.24, 2.45) is 0 Å². The highest BCUT2D eigenvalue weighted by atomic mass is 35.5. The summed E-state index contributed by atoms with van der Waals surface area (Å²) in [5.74, 6) is 0.577. The SMILES string of the molecule is CCCc1ccccc1NC(=O)CCCCl. The molecule has 0 aliphatic carbocycles. The van der Waals surface area contributed by atoms with Crippen LogP contribution in [0.3, 0.4) is 0 Å². The van der Waals surface area contributed by atoms with Crippen molar-refractivity contribution < 1.29 is 4.79 Å². The van der Waals surface area contributed by atoms with Gasteiger partial charge in [-0.1, -0.05) is 31.5 Å². The summed E-state index contributed by atoms with van der Waals surface area (Å²) in [6.45, 7) is 2.13. The van der Waals surface area contributed by atoms with E-state index in [4.69, 9.17) is 11.6 Å². The molecule has 0 saturated carbocycles. The summed E-state index contributed by atoms with van der Waals surface area (Å²) < 4.78 is 0. The summed E-state index contributed by atoms with van der Waals surface area (Å²) in [6, 6.07) is 7.94. The highest BCUT2D eigenvalue weighted by Crippen LogP contribution is 2.17. The average molecular weight is 240 g/mol. The van der Waals surface area contributed by atoms with E-state index in [-0.39, 0.29) is 5.91 Å². The molecule has 2 nitrogen and oxygen atoms in total. The Labute approximate surface area is 102 Å². The zero-order chi connectivity index (χ0) is 11.8. The van der Waals surface area contributed by atoms with Crippen LogP contribution in [0.25, 0.3) is 0 Å². The van der Waals surface area contributed by atoms with E-state index >= 15 is 0 Å². The van der Waals surface area contributed by atoms with Crippen LogP contribution in [-0.4, -0.2) is 11.8 Å². The summed E-state index contributed by atoms with van der Waals surface area (Å²) in [5, 5.41) is 2.93. The monoisotopic (exact) mass is 239 g/mol. The Balaban J connectivity index is 2.61. The van der Waals surface area contributed by atoms with Gasteiger partial charge in [0.05, 0.1) is 0 Å². The maximum Gasteiger partial charge on any atom is 0.224 e. The summed E-state index contributed by atoms with van der Waals surface area (Å²) in [6.07, 6.45) is 3.29. The zero-order valence-corrected chi connectivity index (χ0v) is 10.4. The molecular weight excluding hydrogens is 222 g/mol. The van der Waals surface area contributed by atoms with Crippen LogP contribution in [0, 0.1) is 0 Å². The van der Waals surface area contributed by atoms with Gasteiger partial charge in [-0.15, -0.1) is 11.6 Å². The summed E-state index contributed by atoms with van der Waals surface area (Å²) in [4.78, 5) is 11.6. The Morgan fingerprint density at radius 1 is 1.38 bits per heavy atom. The molecular formula is C13H18ClNO. The van der Waals surface area contributed by atoms with Gasteiger partial charge in [-0.2, -0.15) is 0 Å². The number of hydrogen-bond donors (Lipinski definition) is 1. The van der Waals surface area contributed by atoms with Crippen LogP contribution < -0.4 is 5.32 Å². The lowest BCUT2D eigenvalue weighted by atomic mass is 10.1. The molecule has 0 aliphatic heterocycles. The minimum absolute atomic E-state index is 0.0456. The van der Waals surface area contributed by atoms with E-state index in [1.54, 1.807) is 0 Å². The van der Waals surface area contributed by atoms with Crippen molar-refractivity contribution in [1.29, 1.82) is 0 Å². The Morgan fingerprint density at radius 3 is 2.81 bits per heavy atom. The molecule has 0 aliphatic rings. The number of amides is 1. The zero-order valence-electron chi connectivity index (χ0n) is 9.63. The third kappa shape index (κ3) is 4.23. The Morgan fingerprint density at radius 2 is 2.12 bits per heavy atom. The molecule has 0 spiro atoms. The fourth-order valence-corrected chi connectivity index (χ4v) is 1.70. The molecule has 0 radical (unpaired) electrons. The first kappa shape index (κ1) is 13.0. The number of nitrogens with one attached hydrogen (secondary N) is 1. The summed E-state index contributed by atoms with van der Waals surface area (Å²) >= 11 is 5.55. The van der Waals surface area contributed by atoms with E-state index in [0.29, 0.717) is 12.3 Å². The van der Waals surface area contributed by atoms with Gasteiger partial charge in [0, 0.05) is 18.0 Å². The molecule has 0 aromatic heterocycles. The highest BCUT2D eigenvalue weighted by Gasteiger charge is 2.05. The number of rotatable bonds is 6. The first-order chi connectivity index (χ1) is 7.77. The smallest absolute Gasteiger partial charge is 0.224 e. The molecule has 0 fully saturated rings. The molecule has 1 aromatic rings. The molecule has 1 N–H and O–H groups in total. The van der Waals surface area contributed by atoms with Crippen LogP contribution in [0.1, 0.15) is 31.7 Å². The fourth-order valence-electron chi connectivity index (χ4n) is 1.57. The van der Waals surface area contributed by atoms with Gasteiger partial charge < -0.3 is 5.32 Å². The second-order valence-corrected chi connectivity index (χ2v) is 4.13. The minimum atomic E-state index is 0.0456. The van der Waals surface area contributed by atoms with Crippen LogP contribution >= 0.6 is 11.6 Å². The van der Waals surface area contributed by atoms with Crippen LogP contribution in [0.15, 0.2) is 24.3 Å². The molecule has 16 heavy (non-hydrogen) atoms. The van der Waals surface area contributed by atoms with Crippen molar-refractivity contribution in [2.75, 3.05) is 11.2 Å². The van der Waals surface area contributed by atoms with Crippen LogP contribution in [0.5, 0.6) is 0 Å². The number of halogens is 1.